The van der Waals surface area contributed by atoms with E-state index in [9.17, 15) is 4.79 Å². The van der Waals surface area contributed by atoms with Gasteiger partial charge in [0.05, 0.1) is 11.8 Å². The van der Waals surface area contributed by atoms with Gasteiger partial charge >= 0.3 is 5.97 Å². The van der Waals surface area contributed by atoms with E-state index in [-0.39, 0.29) is 17.5 Å². The summed E-state index contributed by atoms with van der Waals surface area (Å²) in [6, 6.07) is 17.1. The second-order valence-corrected chi connectivity index (χ2v) is 10.2. The minimum absolute atomic E-state index is 0.124. The number of nitrogens with zero attached hydrogens (tertiary/aromatic N) is 2. The highest BCUT2D eigenvalue weighted by Crippen LogP contribution is 2.40. The lowest BCUT2D eigenvalue weighted by molar-refractivity contribution is -0.438. The van der Waals surface area contributed by atoms with Gasteiger partial charge in [-0.25, -0.2) is 0 Å². The molecule has 2 aromatic rings. The molecule has 1 aliphatic heterocycles. The number of carbonyl (C=O) groups is 1. The minimum Gasteiger partial charge on any atom is -0.461 e. The van der Waals surface area contributed by atoms with Gasteiger partial charge in [-0.15, -0.1) is 0 Å². The Hall–Kier alpha value is -2.18. The highest BCUT2D eigenvalue weighted by Gasteiger charge is 2.43. The first-order valence-corrected chi connectivity index (χ1v) is 13.2. The van der Waals surface area contributed by atoms with Gasteiger partial charge in [-0.1, -0.05) is 30.3 Å². The summed E-state index contributed by atoms with van der Waals surface area (Å²) in [6.07, 6.45) is 6.08. The average Bonchev–Trinajstić information content (AvgIpc) is 3.03. The summed E-state index contributed by atoms with van der Waals surface area (Å²) in [6.45, 7) is 5.29. The maximum atomic E-state index is 12.4. The van der Waals surface area contributed by atoms with Crippen molar-refractivity contribution in [1.82, 2.24) is 0 Å². The van der Waals surface area contributed by atoms with Crippen molar-refractivity contribution >= 4 is 54.4 Å². The fraction of sp³-hybridized carbons (Fsp3) is 0.429. The number of hydrogen-bond acceptors (Lipinski definition) is 5. The molecule has 6 heteroatoms. The van der Waals surface area contributed by atoms with E-state index in [0.717, 1.165) is 24.9 Å². The molecule has 34 heavy (non-hydrogen) atoms. The molecule has 2 aromatic carbocycles. The summed E-state index contributed by atoms with van der Waals surface area (Å²) < 4.78 is 7.93. The number of ether oxygens (including phenoxy) is 1. The topological polar surface area (TPSA) is 32.5 Å². The van der Waals surface area contributed by atoms with Gasteiger partial charge in [-0.2, -0.15) is 29.8 Å². The summed E-state index contributed by atoms with van der Waals surface area (Å²) in [7, 11) is 4.09. The standard InChI is InChI=1S/C28H36N2O2S2/c1-28(2)24-8-5-6-9-25(24)30(18-7-10-27(31)32-23(20-34)17-19-33)26(28)16-13-21-11-14-22(15-12-21)29(3)4/h5-6,8-9,11-16,23H,7,10,17-20H2,1-4H3,(H-,33,34)/p+1. The summed E-state index contributed by atoms with van der Waals surface area (Å²) >= 11 is 8.52. The van der Waals surface area contributed by atoms with Crippen LogP contribution in [0.4, 0.5) is 11.4 Å². The number of thiol groups is 2. The van der Waals surface area contributed by atoms with Crippen LogP contribution < -0.4 is 4.90 Å². The van der Waals surface area contributed by atoms with Gasteiger partial charge in [0.15, 0.2) is 5.71 Å². The highest BCUT2D eigenvalue weighted by molar-refractivity contribution is 7.80. The molecule has 182 valence electrons. The molecule has 0 saturated heterocycles. The van der Waals surface area contributed by atoms with Crippen molar-refractivity contribution in [2.45, 2.75) is 44.6 Å². The van der Waals surface area contributed by atoms with E-state index < -0.39 is 0 Å². The van der Waals surface area contributed by atoms with E-state index >= 15 is 0 Å². The zero-order valence-electron chi connectivity index (χ0n) is 20.7. The van der Waals surface area contributed by atoms with Gasteiger partial charge in [-0.3, -0.25) is 4.79 Å². The van der Waals surface area contributed by atoms with Crippen molar-refractivity contribution in [2.24, 2.45) is 0 Å². The van der Waals surface area contributed by atoms with Crippen LogP contribution in [0.15, 0.2) is 54.6 Å². The number of para-hydroxylation sites is 1. The van der Waals surface area contributed by atoms with Crippen LogP contribution >= 0.6 is 25.3 Å². The van der Waals surface area contributed by atoms with Gasteiger partial charge in [0.1, 0.15) is 12.6 Å². The van der Waals surface area contributed by atoms with Crippen LogP contribution in [0.1, 0.15) is 44.2 Å². The lowest BCUT2D eigenvalue weighted by Gasteiger charge is -2.15. The van der Waals surface area contributed by atoms with E-state index in [0.29, 0.717) is 17.9 Å². The molecule has 0 bridgehead atoms. The molecule has 3 rings (SSSR count). The molecule has 0 N–H and O–H groups in total. The Labute approximate surface area is 215 Å². The normalized spacial score (nSPS) is 15.5. The number of fused-ring (bicyclic) bond motifs is 1. The molecular formula is C28H37N2O2S2+. The third kappa shape index (κ3) is 6.28. The molecule has 0 aliphatic carbocycles. The number of hydrogen-bond donors (Lipinski definition) is 2. The lowest BCUT2D eigenvalue weighted by atomic mass is 9.81. The van der Waals surface area contributed by atoms with Crippen molar-refractivity contribution in [2.75, 3.05) is 37.0 Å². The Kier molecular flexibility index (Phi) is 9.31. The Morgan fingerprint density at radius 1 is 1.09 bits per heavy atom. The van der Waals surface area contributed by atoms with Crippen LogP contribution in [0.5, 0.6) is 0 Å². The number of carbonyl (C=O) groups excluding carboxylic acids is 1. The molecule has 1 aliphatic rings. The summed E-state index contributed by atoms with van der Waals surface area (Å²) in [4.78, 5) is 14.5. The van der Waals surface area contributed by atoms with E-state index in [1.807, 2.05) is 14.1 Å². The third-order valence-corrected chi connectivity index (χ3v) is 7.02. The van der Waals surface area contributed by atoms with Crippen LogP contribution in [0, 0.1) is 0 Å². The van der Waals surface area contributed by atoms with Crippen molar-refractivity contribution in [3.8, 4) is 0 Å². The molecular weight excluding hydrogens is 460 g/mol. The SMILES string of the molecule is CN(C)c1ccc(/C=C/C2=[N+](CCCC(=O)OC(CS)CCS)c3ccccc3C2(C)C)cc1. The molecule has 0 radical (unpaired) electrons. The van der Waals surface area contributed by atoms with Crippen LogP contribution in [0.2, 0.25) is 0 Å². The van der Waals surface area contributed by atoms with Crippen LogP contribution in [0.25, 0.3) is 6.08 Å². The first-order valence-electron chi connectivity index (χ1n) is 11.9. The number of benzene rings is 2. The first kappa shape index (κ1) is 26.4. The summed E-state index contributed by atoms with van der Waals surface area (Å²) in [5.74, 6) is 1.05. The first-order chi connectivity index (χ1) is 16.3. The Bertz CT molecular complexity index is 1040. The summed E-state index contributed by atoms with van der Waals surface area (Å²) in [5, 5.41) is 0. The zero-order valence-corrected chi connectivity index (χ0v) is 22.5. The maximum Gasteiger partial charge on any atom is 0.306 e. The van der Waals surface area contributed by atoms with Crippen molar-refractivity contribution in [3.63, 3.8) is 0 Å². The molecule has 0 amide bonds. The average molecular weight is 498 g/mol. The fourth-order valence-corrected chi connectivity index (χ4v) is 4.94. The predicted octanol–water partition coefficient (Wildman–Crippen LogP) is 5.78. The Morgan fingerprint density at radius 3 is 2.44 bits per heavy atom. The molecule has 0 saturated carbocycles. The van der Waals surface area contributed by atoms with Crippen LogP contribution in [-0.2, 0) is 14.9 Å². The number of allylic oxidation sites excluding steroid dienone is 1. The van der Waals surface area contributed by atoms with Crippen LogP contribution in [0.3, 0.4) is 0 Å². The number of esters is 1. The van der Waals surface area contributed by atoms with Crippen molar-refractivity contribution < 1.29 is 14.1 Å². The van der Waals surface area contributed by atoms with E-state index in [4.69, 9.17) is 4.74 Å². The number of anilines is 1. The van der Waals surface area contributed by atoms with Gasteiger partial charge in [-0.05, 0) is 49.8 Å². The third-order valence-electron chi connectivity index (χ3n) is 6.36. The van der Waals surface area contributed by atoms with E-state index in [2.05, 4.69) is 109 Å². The molecule has 1 atom stereocenters. The molecule has 1 heterocycles. The minimum atomic E-state index is -0.163. The molecule has 4 nitrogen and oxygen atoms in total. The van der Waals surface area contributed by atoms with Crippen molar-refractivity contribution in [1.29, 1.82) is 0 Å². The molecule has 0 aromatic heterocycles. The fourth-order valence-electron chi connectivity index (χ4n) is 4.40. The van der Waals surface area contributed by atoms with Crippen molar-refractivity contribution in [3.05, 3.63) is 65.7 Å². The zero-order chi connectivity index (χ0) is 24.7. The Balaban J connectivity index is 1.79. The predicted molar refractivity (Wildman–Crippen MR) is 151 cm³/mol. The van der Waals surface area contributed by atoms with E-state index in [1.54, 1.807) is 0 Å². The second-order valence-electron chi connectivity index (χ2n) is 9.41. The van der Waals surface area contributed by atoms with E-state index in [1.165, 1.54) is 22.6 Å². The van der Waals surface area contributed by atoms with Gasteiger partial charge in [0.2, 0.25) is 5.69 Å². The van der Waals surface area contributed by atoms with Gasteiger partial charge < -0.3 is 9.64 Å². The quantitative estimate of drug-likeness (QED) is 0.234. The number of rotatable bonds is 11. The Morgan fingerprint density at radius 2 is 1.79 bits per heavy atom. The monoisotopic (exact) mass is 497 g/mol. The molecule has 1 unspecified atom stereocenters. The smallest absolute Gasteiger partial charge is 0.306 e. The van der Waals surface area contributed by atoms with Gasteiger partial charge in [0.25, 0.3) is 0 Å². The highest BCUT2D eigenvalue weighted by atomic mass is 32.1. The largest absolute Gasteiger partial charge is 0.461 e. The lowest BCUT2D eigenvalue weighted by Crippen LogP contribution is -2.28. The molecule has 0 fully saturated rings. The second kappa shape index (κ2) is 12.0. The molecule has 0 spiro atoms. The van der Waals surface area contributed by atoms with Crippen LogP contribution in [-0.4, -0.2) is 54.5 Å². The van der Waals surface area contributed by atoms with Gasteiger partial charge in [0, 0.05) is 49.7 Å². The summed E-state index contributed by atoms with van der Waals surface area (Å²) in [5.41, 5.74) is 5.98. The maximum absolute atomic E-state index is 12.4.